The van der Waals surface area contributed by atoms with E-state index in [1.54, 1.807) is 20.3 Å². The van der Waals surface area contributed by atoms with Crippen LogP contribution in [0.5, 0.6) is 0 Å². The normalized spacial score (nSPS) is 18.9. The Labute approximate surface area is 428 Å². The van der Waals surface area contributed by atoms with Gasteiger partial charge in [0.05, 0.1) is 55.7 Å². The maximum atomic E-state index is 12.9. The van der Waals surface area contributed by atoms with Crippen molar-refractivity contribution >= 4 is 75.0 Å². The molecule has 0 amide bonds. The van der Waals surface area contributed by atoms with Gasteiger partial charge < -0.3 is 33.7 Å². The molecule has 4 N–H and O–H groups in total. The molecule has 4 aromatic carbocycles. The second kappa shape index (κ2) is 25.1. The van der Waals surface area contributed by atoms with Crippen LogP contribution in [-0.4, -0.2) is 146 Å². The summed E-state index contributed by atoms with van der Waals surface area (Å²) in [5.74, 6) is -1.32. The molecule has 2 aliphatic heterocycles. The van der Waals surface area contributed by atoms with E-state index in [9.17, 15) is 48.8 Å². The highest BCUT2D eigenvalue weighted by Gasteiger charge is 2.49. The van der Waals surface area contributed by atoms with Crippen molar-refractivity contribution in [2.24, 2.45) is 0 Å². The number of benzene rings is 4. The number of unbranched alkanes of at least 4 members (excludes halogenated alkanes) is 2. The van der Waals surface area contributed by atoms with Crippen LogP contribution in [0.3, 0.4) is 0 Å². The van der Waals surface area contributed by atoms with Gasteiger partial charge in [0, 0.05) is 73.7 Å². The lowest BCUT2D eigenvalue weighted by Crippen LogP contribution is -2.32. The number of fused-ring (bicyclic) bond motifs is 6. The number of rotatable bonds is 30. The van der Waals surface area contributed by atoms with E-state index < -0.39 is 62.7 Å². The van der Waals surface area contributed by atoms with Gasteiger partial charge >= 0.3 is 5.97 Å². The zero-order chi connectivity index (χ0) is 53.0. The van der Waals surface area contributed by atoms with E-state index in [1.165, 1.54) is 12.1 Å². The lowest BCUT2D eigenvalue weighted by molar-refractivity contribution is -0.441. The van der Waals surface area contributed by atoms with Crippen LogP contribution in [0.4, 0.5) is 11.4 Å². The van der Waals surface area contributed by atoms with Gasteiger partial charge in [-0.2, -0.15) is 29.8 Å². The summed E-state index contributed by atoms with van der Waals surface area (Å²) in [4.78, 5) is 12.0. The SMILES string of the molecule is COCCOCCOCCOCCC1(C)\C(=C/C=C/C=C/C2=[N+](CCOC)c3ccc4ccccc4c3C2(C)CCCS(=O)(=O)O)N(CCCCCC(=O)O)c2ccc3c(S(=O)(=O)O)cc(S(=O)(=O)O)cc3c21. The summed E-state index contributed by atoms with van der Waals surface area (Å²) in [7, 11) is -11.0. The van der Waals surface area contributed by atoms with Crippen LogP contribution in [-0.2, 0) is 69.7 Å². The zero-order valence-electron chi connectivity index (χ0n) is 41.7. The van der Waals surface area contributed by atoms with Crippen LogP contribution < -0.4 is 4.90 Å². The molecule has 6 rings (SSSR count). The molecule has 4 aromatic rings. The van der Waals surface area contributed by atoms with Gasteiger partial charge in [-0.25, -0.2) is 0 Å². The highest BCUT2D eigenvalue weighted by molar-refractivity contribution is 7.87. The molecule has 0 bridgehead atoms. The summed E-state index contributed by atoms with van der Waals surface area (Å²) < 4.78 is 136. The number of carbonyl (C=O) groups is 1. The van der Waals surface area contributed by atoms with Gasteiger partial charge in [0.25, 0.3) is 30.4 Å². The van der Waals surface area contributed by atoms with Crippen molar-refractivity contribution in [3.63, 3.8) is 0 Å². The highest BCUT2D eigenvalue weighted by Crippen LogP contribution is 2.54. The van der Waals surface area contributed by atoms with Crippen molar-refractivity contribution in [2.45, 2.75) is 79.4 Å². The lowest BCUT2D eigenvalue weighted by Gasteiger charge is -2.31. The number of hydrogen-bond donors (Lipinski definition) is 4. The zero-order valence-corrected chi connectivity index (χ0v) is 44.1. The van der Waals surface area contributed by atoms with Gasteiger partial charge in [0.2, 0.25) is 5.69 Å². The number of methoxy groups -OCH3 is 2. The molecule has 0 fully saturated rings. The third kappa shape index (κ3) is 14.1. The average Bonchev–Trinajstić information content (AvgIpc) is 3.71. The molecule has 0 spiro atoms. The van der Waals surface area contributed by atoms with Gasteiger partial charge in [-0.3, -0.25) is 18.5 Å². The number of carboxylic acid groups (broad SMARTS) is 1. The van der Waals surface area contributed by atoms with E-state index >= 15 is 0 Å². The second-order valence-corrected chi connectivity index (χ2v) is 22.8. The summed E-state index contributed by atoms with van der Waals surface area (Å²) in [6, 6.07) is 17.2. The predicted molar refractivity (Wildman–Crippen MR) is 278 cm³/mol. The number of nitrogens with zero attached hydrogens (tertiary/aromatic N) is 2. The predicted octanol–water partition coefficient (Wildman–Crippen LogP) is 7.66. The Balaban J connectivity index is 1.44. The van der Waals surface area contributed by atoms with Crippen LogP contribution in [0.2, 0.25) is 0 Å². The van der Waals surface area contributed by atoms with Crippen LogP contribution in [0.15, 0.2) is 107 Å². The molecule has 0 aliphatic carbocycles. The average molecular weight is 1070 g/mol. The lowest BCUT2D eigenvalue weighted by atomic mass is 9.74. The minimum Gasteiger partial charge on any atom is -0.481 e. The molecule has 0 aromatic heterocycles. The Morgan fingerprint density at radius 3 is 2.01 bits per heavy atom. The number of aliphatic carboxylic acids is 1. The standard InChI is InChI=1S/C52H66N2O16S3/c1-51(23-13-35-71(57,58)59)46(54(26-28-66-3)43-21-19-38-14-10-11-15-40(38)49(43)51)16-7-5-8-17-47-52(2,24-27-68-31-32-70-34-33-69-30-29-67-4)50-42-36-39(72(60,61)62)37-45(73(63,64)65)41(42)20-22-44(50)53(47)25-12-6-9-18-48(55)56/h5,7-8,10-11,14-17,19-22,36-37H,6,9,12-13,18,23-35H2,1-4H3,(H3-,55,56,57,58,59,60,61,62,63,64,65)/p+1. The maximum Gasteiger partial charge on any atom is 0.303 e. The smallest absolute Gasteiger partial charge is 0.303 e. The molecule has 18 nitrogen and oxygen atoms in total. The van der Waals surface area contributed by atoms with Crippen molar-refractivity contribution in [3.05, 3.63) is 108 Å². The fraction of sp³-hybridized carbons (Fsp3) is 0.462. The van der Waals surface area contributed by atoms with E-state index in [0.717, 1.165) is 39.5 Å². The van der Waals surface area contributed by atoms with Crippen molar-refractivity contribution in [1.29, 1.82) is 0 Å². The quantitative estimate of drug-likeness (QED) is 0.0169. The second-order valence-electron chi connectivity index (χ2n) is 18.4. The Kier molecular flexibility index (Phi) is 19.7. The third-order valence-electron chi connectivity index (χ3n) is 13.5. The molecule has 2 heterocycles. The minimum atomic E-state index is -5.02. The molecular formula is C52H67N2O16S3+. The van der Waals surface area contributed by atoms with Gasteiger partial charge in [0.15, 0.2) is 12.3 Å². The van der Waals surface area contributed by atoms with E-state index in [1.807, 2.05) is 60.4 Å². The Morgan fingerprint density at radius 2 is 1.36 bits per heavy atom. The first kappa shape index (κ1) is 57.4. The largest absolute Gasteiger partial charge is 0.481 e. The molecule has 0 saturated carbocycles. The molecule has 2 atom stereocenters. The Hall–Kier alpha value is -4.91. The fourth-order valence-corrected chi connectivity index (χ4v) is 11.9. The monoisotopic (exact) mass is 1070 g/mol. The molecule has 0 saturated heterocycles. The summed E-state index contributed by atoms with van der Waals surface area (Å²) in [6.45, 7) is 7.54. The molecule has 21 heteroatoms. The summed E-state index contributed by atoms with van der Waals surface area (Å²) in [5.41, 5.74) is 2.98. The topological polar surface area (TPSA) is 253 Å². The Morgan fingerprint density at radius 1 is 0.671 bits per heavy atom. The first-order valence-electron chi connectivity index (χ1n) is 24.1. The number of anilines is 1. The molecular weight excluding hydrogens is 1000 g/mol. The molecule has 2 unspecified atom stereocenters. The van der Waals surface area contributed by atoms with Gasteiger partial charge in [-0.05, 0) is 98.0 Å². The summed E-state index contributed by atoms with van der Waals surface area (Å²) >= 11 is 0. The number of carboxylic acids is 1. The van der Waals surface area contributed by atoms with Crippen molar-refractivity contribution in [2.75, 3.05) is 90.8 Å². The van der Waals surface area contributed by atoms with Crippen LogP contribution in [0, 0.1) is 0 Å². The summed E-state index contributed by atoms with van der Waals surface area (Å²) in [6.07, 6.45) is 11.9. The number of hydrogen-bond acceptors (Lipinski definition) is 13. The Bertz CT molecular complexity index is 3100. The van der Waals surface area contributed by atoms with Crippen molar-refractivity contribution < 1.29 is 77.1 Å². The van der Waals surface area contributed by atoms with Crippen LogP contribution in [0.1, 0.15) is 69.9 Å². The fourth-order valence-electron chi connectivity index (χ4n) is 10.1. The molecule has 398 valence electrons. The third-order valence-corrected chi connectivity index (χ3v) is 16.0. The first-order chi connectivity index (χ1) is 34.7. The summed E-state index contributed by atoms with van der Waals surface area (Å²) in [5, 5.41) is 11.6. The highest BCUT2D eigenvalue weighted by atomic mass is 32.2. The van der Waals surface area contributed by atoms with E-state index in [2.05, 4.69) is 29.7 Å². The van der Waals surface area contributed by atoms with Crippen molar-refractivity contribution in [3.8, 4) is 0 Å². The number of ether oxygens (including phenoxy) is 5. The van der Waals surface area contributed by atoms with Gasteiger partial charge in [0.1, 0.15) is 11.5 Å². The molecule has 2 aliphatic rings. The first-order valence-corrected chi connectivity index (χ1v) is 28.6. The van der Waals surface area contributed by atoms with Crippen LogP contribution in [0.25, 0.3) is 21.5 Å². The van der Waals surface area contributed by atoms with E-state index in [-0.39, 0.29) is 49.9 Å². The van der Waals surface area contributed by atoms with Gasteiger partial charge in [-0.1, -0.05) is 55.0 Å². The van der Waals surface area contributed by atoms with E-state index in [0.29, 0.717) is 83.1 Å². The van der Waals surface area contributed by atoms with Gasteiger partial charge in [-0.15, -0.1) is 0 Å². The number of allylic oxidation sites excluding steroid dienone is 6. The van der Waals surface area contributed by atoms with Crippen molar-refractivity contribution in [1.82, 2.24) is 0 Å². The molecule has 73 heavy (non-hydrogen) atoms. The maximum absolute atomic E-state index is 12.9. The molecule has 0 radical (unpaired) electrons. The minimum absolute atomic E-state index is 0.0157. The van der Waals surface area contributed by atoms with Crippen LogP contribution >= 0.6 is 0 Å². The van der Waals surface area contributed by atoms with E-state index in [4.69, 9.17) is 23.7 Å².